The molecule has 1 aromatic heterocycles. The van der Waals surface area contributed by atoms with Gasteiger partial charge in [-0.1, -0.05) is 36.4 Å². The molecule has 4 rings (SSSR count). The number of nitrogens with zero attached hydrogens (tertiary/aromatic N) is 1. The zero-order chi connectivity index (χ0) is 14.1. The molecular weight excluding hydrogens is 256 g/mol. The quantitative estimate of drug-likeness (QED) is 0.664. The lowest BCUT2D eigenvalue weighted by Crippen LogP contribution is -2.35. The van der Waals surface area contributed by atoms with E-state index in [1.54, 1.807) is 0 Å². The number of anilines is 1. The fraction of sp³-hybridized carbons (Fsp3) is 0.211. The number of rotatable bonds is 1. The zero-order valence-corrected chi connectivity index (χ0v) is 12.0. The molecule has 1 N–H and O–H groups in total. The van der Waals surface area contributed by atoms with Gasteiger partial charge >= 0.3 is 0 Å². The van der Waals surface area contributed by atoms with E-state index in [0.29, 0.717) is 0 Å². The van der Waals surface area contributed by atoms with Crippen LogP contribution in [0, 0.1) is 0 Å². The minimum atomic E-state index is 1.08. The number of nitrogens with one attached hydrogen (secondary N) is 1. The van der Waals surface area contributed by atoms with Crippen molar-refractivity contribution in [1.82, 2.24) is 0 Å². The summed E-state index contributed by atoms with van der Waals surface area (Å²) >= 11 is 0. The maximum atomic E-state index is 3.50. The summed E-state index contributed by atoms with van der Waals surface area (Å²) in [7, 11) is 0. The van der Waals surface area contributed by atoms with Crippen LogP contribution in [-0.2, 0) is 6.54 Å². The second-order valence-electron chi connectivity index (χ2n) is 5.69. The average Bonchev–Trinajstić information content (AvgIpc) is 2.79. The third-order valence-corrected chi connectivity index (χ3v) is 4.24. The average molecular weight is 275 g/mol. The second kappa shape index (κ2) is 5.21. The van der Waals surface area contributed by atoms with E-state index in [9.17, 15) is 0 Å². The van der Waals surface area contributed by atoms with Crippen molar-refractivity contribution < 1.29 is 4.57 Å². The highest BCUT2D eigenvalue weighted by atomic mass is 15.1. The van der Waals surface area contributed by atoms with Gasteiger partial charge < -0.3 is 0 Å². The number of aromatic nitrogens is 1. The summed E-state index contributed by atoms with van der Waals surface area (Å²) in [5.74, 6) is 1.23. The minimum absolute atomic E-state index is 1.08. The van der Waals surface area contributed by atoms with Gasteiger partial charge in [-0.25, -0.2) is 4.57 Å². The molecule has 0 bridgehead atoms. The van der Waals surface area contributed by atoms with Crippen LogP contribution < -0.4 is 9.88 Å². The molecule has 104 valence electrons. The van der Waals surface area contributed by atoms with Crippen molar-refractivity contribution in [2.24, 2.45) is 0 Å². The van der Waals surface area contributed by atoms with Crippen molar-refractivity contribution in [3.8, 4) is 11.1 Å². The highest BCUT2D eigenvalue weighted by molar-refractivity contribution is 5.87. The van der Waals surface area contributed by atoms with Crippen molar-refractivity contribution in [3.05, 3.63) is 60.8 Å². The van der Waals surface area contributed by atoms with Crippen LogP contribution in [0.5, 0.6) is 0 Å². The summed E-state index contributed by atoms with van der Waals surface area (Å²) in [6.07, 6.45) is 4.76. The van der Waals surface area contributed by atoms with Crippen molar-refractivity contribution in [3.63, 3.8) is 0 Å². The van der Waals surface area contributed by atoms with Crippen molar-refractivity contribution in [2.45, 2.75) is 19.4 Å². The molecule has 0 saturated heterocycles. The molecule has 21 heavy (non-hydrogen) atoms. The Morgan fingerprint density at radius 1 is 0.810 bits per heavy atom. The van der Waals surface area contributed by atoms with Gasteiger partial charge in [0.25, 0.3) is 5.82 Å². The fourth-order valence-electron chi connectivity index (χ4n) is 3.05. The lowest BCUT2D eigenvalue weighted by Gasteiger charge is -2.07. The Morgan fingerprint density at radius 2 is 1.67 bits per heavy atom. The van der Waals surface area contributed by atoms with Crippen LogP contribution in [0.3, 0.4) is 0 Å². The van der Waals surface area contributed by atoms with Gasteiger partial charge in [0, 0.05) is 11.6 Å². The van der Waals surface area contributed by atoms with E-state index in [1.807, 2.05) is 0 Å². The largest absolute Gasteiger partial charge is 0.274 e. The van der Waals surface area contributed by atoms with Gasteiger partial charge in [-0.2, -0.15) is 0 Å². The molecule has 2 heterocycles. The highest BCUT2D eigenvalue weighted by Crippen LogP contribution is 2.24. The summed E-state index contributed by atoms with van der Waals surface area (Å²) in [4.78, 5) is 0. The molecule has 2 nitrogen and oxygen atoms in total. The van der Waals surface area contributed by atoms with Gasteiger partial charge in [-0.15, -0.1) is 0 Å². The van der Waals surface area contributed by atoms with Crippen LogP contribution in [0.2, 0.25) is 0 Å². The van der Waals surface area contributed by atoms with Crippen molar-refractivity contribution in [2.75, 3.05) is 11.9 Å². The predicted molar refractivity (Wildman–Crippen MR) is 87.3 cm³/mol. The first-order valence-electron chi connectivity index (χ1n) is 7.67. The first-order chi connectivity index (χ1) is 10.4. The molecule has 2 aromatic carbocycles. The number of hydrogen-bond donors (Lipinski definition) is 1. The fourth-order valence-corrected chi connectivity index (χ4v) is 3.05. The first kappa shape index (κ1) is 12.4. The smallest absolute Gasteiger partial charge is 0.274 e. The number of benzene rings is 2. The first-order valence-corrected chi connectivity index (χ1v) is 7.67. The molecule has 2 heteroatoms. The van der Waals surface area contributed by atoms with Crippen LogP contribution in [0.1, 0.15) is 12.8 Å². The normalized spacial score (nSPS) is 14.3. The maximum absolute atomic E-state index is 3.50. The molecule has 1 aliphatic heterocycles. The van der Waals surface area contributed by atoms with Gasteiger partial charge in [0.15, 0.2) is 0 Å². The summed E-state index contributed by atoms with van der Waals surface area (Å²) in [6, 6.07) is 19.7. The second-order valence-corrected chi connectivity index (χ2v) is 5.69. The molecule has 0 amide bonds. The Balaban J connectivity index is 1.79. The van der Waals surface area contributed by atoms with E-state index >= 15 is 0 Å². The van der Waals surface area contributed by atoms with Gasteiger partial charge in [0.05, 0.1) is 19.3 Å². The molecule has 0 aliphatic carbocycles. The standard InChI is InChI=1S/C19H18N2/c1-2-6-16-13-17(8-7-15(16)5-1)18-9-10-19-20-11-3-4-12-21(19)14-18/h1-2,5-10,13-14H,3-4,11-12H2/p+1. The molecule has 0 fully saturated rings. The molecule has 0 radical (unpaired) electrons. The van der Waals surface area contributed by atoms with Crippen molar-refractivity contribution in [1.29, 1.82) is 0 Å². The third-order valence-electron chi connectivity index (χ3n) is 4.24. The summed E-state index contributed by atoms with van der Waals surface area (Å²) in [5, 5.41) is 6.09. The topological polar surface area (TPSA) is 15.9 Å². The summed E-state index contributed by atoms with van der Waals surface area (Å²) in [5.41, 5.74) is 2.57. The van der Waals surface area contributed by atoms with Gasteiger partial charge in [0.1, 0.15) is 0 Å². The lowest BCUT2D eigenvalue weighted by atomic mass is 10.0. The Hall–Kier alpha value is -2.35. The molecule has 1 aliphatic rings. The number of hydrogen-bond acceptors (Lipinski definition) is 1. The van der Waals surface area contributed by atoms with Crippen LogP contribution >= 0.6 is 0 Å². The summed E-state index contributed by atoms with van der Waals surface area (Å²) < 4.78 is 2.34. The Kier molecular flexibility index (Phi) is 3.07. The molecule has 0 unspecified atom stereocenters. The molecule has 3 aromatic rings. The number of aryl methyl sites for hydroxylation is 1. The van der Waals surface area contributed by atoms with E-state index in [4.69, 9.17) is 0 Å². The minimum Gasteiger partial charge on any atom is -0.274 e. The van der Waals surface area contributed by atoms with E-state index in [2.05, 4.69) is 70.7 Å². The number of fused-ring (bicyclic) bond motifs is 2. The van der Waals surface area contributed by atoms with Crippen LogP contribution in [-0.4, -0.2) is 6.54 Å². The molecular formula is C19H19N2+. The van der Waals surface area contributed by atoms with E-state index in [1.165, 1.54) is 40.6 Å². The SMILES string of the molecule is c1ccc2cc(-c3ccc4[n+](c3)CCCCN4)ccc2c1. The highest BCUT2D eigenvalue weighted by Gasteiger charge is 2.13. The predicted octanol–water partition coefficient (Wildman–Crippen LogP) is 4.00. The third kappa shape index (κ3) is 2.38. The van der Waals surface area contributed by atoms with Crippen molar-refractivity contribution >= 4 is 16.6 Å². The van der Waals surface area contributed by atoms with E-state index in [0.717, 1.165) is 13.1 Å². The van der Waals surface area contributed by atoms with E-state index in [-0.39, 0.29) is 0 Å². The number of pyridine rings is 1. The van der Waals surface area contributed by atoms with Gasteiger partial charge in [0.2, 0.25) is 0 Å². The summed E-state index contributed by atoms with van der Waals surface area (Å²) in [6.45, 7) is 2.18. The lowest BCUT2D eigenvalue weighted by molar-refractivity contribution is -0.682. The Morgan fingerprint density at radius 3 is 2.62 bits per heavy atom. The van der Waals surface area contributed by atoms with Crippen LogP contribution in [0.15, 0.2) is 60.8 Å². The zero-order valence-electron chi connectivity index (χ0n) is 12.0. The van der Waals surface area contributed by atoms with Crippen LogP contribution in [0.25, 0.3) is 21.9 Å². The molecule has 0 saturated carbocycles. The molecule has 0 atom stereocenters. The van der Waals surface area contributed by atoms with E-state index < -0.39 is 0 Å². The Labute approximate surface area is 125 Å². The van der Waals surface area contributed by atoms with Gasteiger partial charge in [-0.3, -0.25) is 5.32 Å². The van der Waals surface area contributed by atoms with Crippen LogP contribution in [0.4, 0.5) is 5.82 Å². The monoisotopic (exact) mass is 275 g/mol. The maximum Gasteiger partial charge on any atom is 0.274 e. The van der Waals surface area contributed by atoms with Gasteiger partial charge in [-0.05, 0) is 41.3 Å². The molecule has 0 spiro atoms. The Bertz CT molecular complexity index is 792.